The Morgan fingerprint density at radius 2 is 1.81 bits per heavy atom. The number of amides is 1. The minimum Gasteiger partial charge on any atom is -0.478 e. The van der Waals surface area contributed by atoms with E-state index in [1.807, 2.05) is 59.7 Å². The van der Waals surface area contributed by atoms with E-state index in [9.17, 15) is 9.59 Å². The SMILES string of the molecule is CC(C)(Oc1ccc([C@@H]2CC2(Cl)Cl)cc1)C(=O)N1C[C@@H]2C[C@H](C1)c1cccc(=O)n1C2. The number of alkyl halides is 2. The molecule has 2 aromatic rings. The lowest BCUT2D eigenvalue weighted by atomic mass is 9.82. The van der Waals surface area contributed by atoms with Gasteiger partial charge in [0.1, 0.15) is 10.1 Å². The molecule has 164 valence electrons. The lowest BCUT2D eigenvalue weighted by Gasteiger charge is -2.44. The standard InChI is InChI=1S/C24H26Cl2N2O3/c1-23(2,31-18-8-6-16(7-9-18)19-11-24(19,25)26)22(30)27-12-15-10-17(14-27)20-4-3-5-21(29)28(20)13-15/h3-9,15,17,19H,10-14H2,1-2H3/t15-,17+,19-/m0/s1. The van der Waals surface area contributed by atoms with Crippen molar-refractivity contribution >= 4 is 29.1 Å². The average molecular weight is 461 g/mol. The number of hydrogen-bond donors (Lipinski definition) is 0. The number of carbonyl (C=O) groups is 1. The minimum atomic E-state index is -0.994. The second-order valence-corrected chi connectivity index (χ2v) is 11.1. The lowest BCUT2D eigenvalue weighted by Crippen LogP contribution is -2.55. The summed E-state index contributed by atoms with van der Waals surface area (Å²) < 4.78 is 7.34. The van der Waals surface area contributed by atoms with E-state index < -0.39 is 9.93 Å². The third kappa shape index (κ3) is 3.87. The van der Waals surface area contributed by atoms with Crippen LogP contribution in [-0.4, -0.2) is 38.4 Å². The molecule has 2 fully saturated rings. The highest BCUT2D eigenvalue weighted by Gasteiger charge is 2.52. The number of piperidine rings is 1. The molecule has 1 aliphatic carbocycles. The molecule has 3 atom stereocenters. The van der Waals surface area contributed by atoms with Gasteiger partial charge in [0.25, 0.3) is 11.5 Å². The number of fused-ring (bicyclic) bond motifs is 4. The van der Waals surface area contributed by atoms with Crippen molar-refractivity contribution in [3.63, 3.8) is 0 Å². The zero-order valence-corrected chi connectivity index (χ0v) is 19.2. The molecule has 2 aliphatic heterocycles. The van der Waals surface area contributed by atoms with Gasteiger partial charge in [0, 0.05) is 43.2 Å². The van der Waals surface area contributed by atoms with Crippen LogP contribution in [0.4, 0.5) is 0 Å². The van der Waals surface area contributed by atoms with Gasteiger partial charge in [-0.05, 0) is 56.4 Å². The van der Waals surface area contributed by atoms with Crippen molar-refractivity contribution in [2.24, 2.45) is 5.92 Å². The van der Waals surface area contributed by atoms with Crippen molar-refractivity contribution in [2.75, 3.05) is 13.1 Å². The Morgan fingerprint density at radius 1 is 1.10 bits per heavy atom. The van der Waals surface area contributed by atoms with Crippen LogP contribution in [0.15, 0.2) is 47.3 Å². The highest BCUT2D eigenvalue weighted by molar-refractivity contribution is 6.51. The Bertz CT molecular complexity index is 1080. The van der Waals surface area contributed by atoms with E-state index in [1.54, 1.807) is 6.07 Å². The van der Waals surface area contributed by atoms with E-state index in [1.165, 1.54) is 0 Å². The number of rotatable bonds is 4. The molecule has 1 saturated heterocycles. The summed E-state index contributed by atoms with van der Waals surface area (Å²) in [6, 6.07) is 13.1. The molecule has 1 aromatic heterocycles. The Labute approximate surface area is 191 Å². The molecule has 0 spiro atoms. The average Bonchev–Trinajstić information content (AvgIpc) is 3.36. The van der Waals surface area contributed by atoms with Crippen LogP contribution in [0.1, 0.15) is 49.8 Å². The molecule has 1 aromatic carbocycles. The summed E-state index contributed by atoms with van der Waals surface area (Å²) in [7, 11) is 0. The van der Waals surface area contributed by atoms with Crippen LogP contribution >= 0.6 is 23.2 Å². The maximum absolute atomic E-state index is 13.4. The molecule has 5 rings (SSSR count). The van der Waals surface area contributed by atoms with Gasteiger partial charge in [-0.1, -0.05) is 18.2 Å². The van der Waals surface area contributed by atoms with Gasteiger partial charge in [0.15, 0.2) is 5.60 Å². The van der Waals surface area contributed by atoms with Crippen LogP contribution in [0.25, 0.3) is 0 Å². The van der Waals surface area contributed by atoms with E-state index >= 15 is 0 Å². The Balaban J connectivity index is 1.29. The van der Waals surface area contributed by atoms with Crippen LogP contribution in [0.3, 0.4) is 0 Å². The van der Waals surface area contributed by atoms with Crippen molar-refractivity contribution < 1.29 is 9.53 Å². The largest absolute Gasteiger partial charge is 0.478 e. The van der Waals surface area contributed by atoms with Crippen LogP contribution in [0.5, 0.6) is 5.75 Å². The number of ether oxygens (including phenoxy) is 1. The number of likely N-dealkylation sites (tertiary alicyclic amines) is 1. The normalized spacial score (nSPS) is 26.2. The molecule has 31 heavy (non-hydrogen) atoms. The molecule has 5 nitrogen and oxygen atoms in total. The Kier molecular flexibility index (Phi) is 4.91. The molecular formula is C24H26Cl2N2O3. The Morgan fingerprint density at radius 3 is 2.48 bits per heavy atom. The van der Waals surface area contributed by atoms with E-state index in [0.29, 0.717) is 25.4 Å². The van der Waals surface area contributed by atoms with Gasteiger partial charge in [-0.2, -0.15) is 0 Å². The number of pyridine rings is 1. The number of carbonyl (C=O) groups excluding carboxylic acids is 1. The molecule has 0 unspecified atom stereocenters. The van der Waals surface area contributed by atoms with Crippen LogP contribution in [0.2, 0.25) is 0 Å². The number of aromatic nitrogens is 1. The first-order chi connectivity index (χ1) is 14.6. The first-order valence-electron chi connectivity index (χ1n) is 10.8. The predicted molar refractivity (Wildman–Crippen MR) is 121 cm³/mol. The van der Waals surface area contributed by atoms with Crippen molar-refractivity contribution in [3.05, 3.63) is 64.1 Å². The van der Waals surface area contributed by atoms with Gasteiger partial charge < -0.3 is 14.2 Å². The fourth-order valence-electron chi connectivity index (χ4n) is 5.12. The summed E-state index contributed by atoms with van der Waals surface area (Å²) in [5, 5.41) is 0. The highest BCUT2D eigenvalue weighted by Crippen LogP contribution is 2.59. The maximum Gasteiger partial charge on any atom is 0.266 e. The van der Waals surface area contributed by atoms with E-state index in [0.717, 1.165) is 24.1 Å². The second-order valence-electron chi connectivity index (χ2n) is 9.61. The van der Waals surface area contributed by atoms with Crippen LogP contribution in [0, 0.1) is 5.92 Å². The molecule has 1 saturated carbocycles. The van der Waals surface area contributed by atoms with Crippen molar-refractivity contribution in [2.45, 2.75) is 55.0 Å². The fourth-order valence-corrected chi connectivity index (χ4v) is 5.69. The van der Waals surface area contributed by atoms with Gasteiger partial charge in [-0.3, -0.25) is 9.59 Å². The quantitative estimate of drug-likeness (QED) is 0.638. The third-order valence-electron chi connectivity index (χ3n) is 6.76. The number of halogens is 2. The maximum atomic E-state index is 13.4. The van der Waals surface area contributed by atoms with Gasteiger partial charge in [0.2, 0.25) is 0 Å². The molecule has 3 aliphatic rings. The van der Waals surface area contributed by atoms with Crippen molar-refractivity contribution in [1.82, 2.24) is 9.47 Å². The molecule has 2 bridgehead atoms. The molecule has 1 amide bonds. The van der Waals surface area contributed by atoms with Gasteiger partial charge in [0.05, 0.1) is 0 Å². The van der Waals surface area contributed by atoms with Crippen LogP contribution < -0.4 is 10.3 Å². The van der Waals surface area contributed by atoms with Gasteiger partial charge in [-0.25, -0.2) is 0 Å². The molecule has 3 heterocycles. The van der Waals surface area contributed by atoms with E-state index in [-0.39, 0.29) is 29.2 Å². The zero-order valence-electron chi connectivity index (χ0n) is 17.7. The highest BCUT2D eigenvalue weighted by atomic mass is 35.5. The third-order valence-corrected chi connectivity index (χ3v) is 7.60. The summed E-state index contributed by atoms with van der Waals surface area (Å²) in [6.45, 7) is 5.56. The minimum absolute atomic E-state index is 0.0271. The predicted octanol–water partition coefficient (Wildman–Crippen LogP) is 4.31. The topological polar surface area (TPSA) is 51.5 Å². The smallest absolute Gasteiger partial charge is 0.266 e. The number of nitrogens with zero attached hydrogens (tertiary/aromatic N) is 2. The Hall–Kier alpha value is -1.98. The molecule has 0 radical (unpaired) electrons. The van der Waals surface area contributed by atoms with Gasteiger partial charge in [-0.15, -0.1) is 23.2 Å². The van der Waals surface area contributed by atoms with Crippen molar-refractivity contribution in [1.29, 1.82) is 0 Å². The zero-order chi connectivity index (χ0) is 22.0. The summed E-state index contributed by atoms with van der Waals surface area (Å²) >= 11 is 12.3. The lowest BCUT2D eigenvalue weighted by molar-refractivity contribution is -0.148. The van der Waals surface area contributed by atoms with Crippen molar-refractivity contribution in [3.8, 4) is 5.75 Å². The monoisotopic (exact) mass is 460 g/mol. The van der Waals surface area contributed by atoms with E-state index in [4.69, 9.17) is 27.9 Å². The van der Waals surface area contributed by atoms with E-state index in [2.05, 4.69) is 0 Å². The summed E-state index contributed by atoms with van der Waals surface area (Å²) in [6.07, 6.45) is 1.77. The number of benzene rings is 1. The summed E-state index contributed by atoms with van der Waals surface area (Å²) in [5.41, 5.74) is 1.17. The first-order valence-corrected chi connectivity index (χ1v) is 11.6. The van der Waals surface area contributed by atoms with Crippen LogP contribution in [-0.2, 0) is 11.3 Å². The number of hydrogen-bond acceptors (Lipinski definition) is 3. The first kappa shape index (κ1) is 20.9. The summed E-state index contributed by atoms with van der Waals surface area (Å²) in [5.74, 6) is 1.25. The molecule has 7 heteroatoms. The second kappa shape index (κ2) is 7.28. The fraction of sp³-hybridized carbons (Fsp3) is 0.500. The van der Waals surface area contributed by atoms with Gasteiger partial charge >= 0.3 is 0 Å². The molecule has 0 N–H and O–H groups in total. The summed E-state index contributed by atoms with van der Waals surface area (Å²) in [4.78, 5) is 27.5. The molecular weight excluding hydrogens is 435 g/mol.